The van der Waals surface area contributed by atoms with Gasteiger partial charge in [-0.2, -0.15) is 4.98 Å². The zero-order valence-electron chi connectivity index (χ0n) is 13.6. The Bertz CT molecular complexity index is 467. The smallest absolute Gasteiger partial charge is 0.227 e. The van der Waals surface area contributed by atoms with Crippen molar-refractivity contribution in [1.29, 1.82) is 0 Å². The standard InChI is InChI=1S/C17H28N4O/c1-14(13-22)15-6-11-20(12-7-15)16-5-8-18-17(19-16)21-9-3-2-4-10-21/h5,8,14-15,22H,2-4,6-7,9-13H2,1H3. The fourth-order valence-electron chi connectivity index (χ4n) is 3.61. The van der Waals surface area contributed by atoms with Gasteiger partial charge in [-0.05, 0) is 50.0 Å². The molecule has 2 fully saturated rings. The summed E-state index contributed by atoms with van der Waals surface area (Å²) in [6.07, 6.45) is 8.01. The van der Waals surface area contributed by atoms with Crippen molar-refractivity contribution >= 4 is 11.8 Å². The first-order chi connectivity index (χ1) is 10.8. The number of aliphatic hydroxyl groups is 1. The molecule has 0 spiro atoms. The van der Waals surface area contributed by atoms with Gasteiger partial charge in [-0.3, -0.25) is 0 Å². The maximum atomic E-state index is 9.31. The molecule has 122 valence electrons. The first-order valence-corrected chi connectivity index (χ1v) is 8.71. The predicted octanol–water partition coefficient (Wildman–Crippen LogP) is 2.31. The molecule has 2 aliphatic rings. The summed E-state index contributed by atoms with van der Waals surface area (Å²) in [6, 6.07) is 2.03. The Morgan fingerprint density at radius 3 is 2.55 bits per heavy atom. The highest BCUT2D eigenvalue weighted by molar-refractivity contribution is 5.44. The first kappa shape index (κ1) is 15.5. The van der Waals surface area contributed by atoms with Gasteiger partial charge in [0.1, 0.15) is 5.82 Å². The molecule has 0 aliphatic carbocycles. The average molecular weight is 304 g/mol. The Labute approximate surface area is 133 Å². The fraction of sp³-hybridized carbons (Fsp3) is 0.765. The molecule has 3 rings (SSSR count). The monoisotopic (exact) mass is 304 g/mol. The molecule has 1 atom stereocenters. The molecular formula is C17H28N4O. The molecule has 1 aromatic rings. The Hall–Kier alpha value is -1.36. The van der Waals surface area contributed by atoms with E-state index < -0.39 is 0 Å². The number of hydrogen-bond acceptors (Lipinski definition) is 5. The minimum absolute atomic E-state index is 0.303. The van der Waals surface area contributed by atoms with E-state index >= 15 is 0 Å². The van der Waals surface area contributed by atoms with E-state index in [0.717, 1.165) is 50.8 Å². The second-order valence-electron chi connectivity index (χ2n) is 6.75. The number of piperidine rings is 2. The third-order valence-electron chi connectivity index (χ3n) is 5.22. The quantitative estimate of drug-likeness (QED) is 0.925. The lowest BCUT2D eigenvalue weighted by Gasteiger charge is -2.35. The van der Waals surface area contributed by atoms with Crippen molar-refractivity contribution in [1.82, 2.24) is 9.97 Å². The van der Waals surface area contributed by atoms with Crippen LogP contribution in [0.5, 0.6) is 0 Å². The summed E-state index contributed by atoms with van der Waals surface area (Å²) < 4.78 is 0. The van der Waals surface area contributed by atoms with Crippen LogP contribution in [0.2, 0.25) is 0 Å². The summed E-state index contributed by atoms with van der Waals surface area (Å²) in [5.74, 6) is 3.01. The molecule has 2 aliphatic heterocycles. The molecule has 1 aromatic heterocycles. The third kappa shape index (κ3) is 3.51. The molecule has 0 amide bonds. The van der Waals surface area contributed by atoms with Crippen LogP contribution in [0, 0.1) is 11.8 Å². The Morgan fingerprint density at radius 1 is 1.14 bits per heavy atom. The number of aliphatic hydroxyl groups excluding tert-OH is 1. The summed E-state index contributed by atoms with van der Waals surface area (Å²) in [7, 11) is 0. The van der Waals surface area contributed by atoms with Crippen molar-refractivity contribution in [2.45, 2.75) is 39.0 Å². The van der Waals surface area contributed by atoms with Crippen LogP contribution in [0.3, 0.4) is 0 Å². The lowest BCUT2D eigenvalue weighted by atomic mass is 9.86. The van der Waals surface area contributed by atoms with E-state index in [2.05, 4.69) is 21.7 Å². The molecule has 0 bridgehead atoms. The van der Waals surface area contributed by atoms with Crippen LogP contribution < -0.4 is 9.80 Å². The maximum Gasteiger partial charge on any atom is 0.227 e. The van der Waals surface area contributed by atoms with Gasteiger partial charge in [0.2, 0.25) is 5.95 Å². The number of anilines is 2. The van der Waals surface area contributed by atoms with E-state index in [-0.39, 0.29) is 0 Å². The van der Waals surface area contributed by atoms with Crippen molar-refractivity contribution in [3.8, 4) is 0 Å². The van der Waals surface area contributed by atoms with Crippen molar-refractivity contribution in [2.24, 2.45) is 11.8 Å². The molecule has 1 N–H and O–H groups in total. The van der Waals surface area contributed by atoms with Gasteiger partial charge < -0.3 is 14.9 Å². The van der Waals surface area contributed by atoms with Gasteiger partial charge >= 0.3 is 0 Å². The third-order valence-corrected chi connectivity index (χ3v) is 5.22. The van der Waals surface area contributed by atoms with Gasteiger partial charge in [0, 0.05) is 39.0 Å². The second-order valence-corrected chi connectivity index (χ2v) is 6.75. The van der Waals surface area contributed by atoms with E-state index in [1.807, 2.05) is 12.3 Å². The van der Waals surface area contributed by atoms with Gasteiger partial charge in [-0.15, -0.1) is 0 Å². The molecule has 0 radical (unpaired) electrons. The highest BCUT2D eigenvalue weighted by atomic mass is 16.3. The lowest BCUT2D eigenvalue weighted by Crippen LogP contribution is -2.37. The van der Waals surface area contributed by atoms with Crippen molar-refractivity contribution < 1.29 is 5.11 Å². The average Bonchev–Trinajstić information content (AvgIpc) is 2.62. The number of nitrogens with zero attached hydrogens (tertiary/aromatic N) is 4. The van der Waals surface area contributed by atoms with Crippen molar-refractivity contribution in [3.05, 3.63) is 12.3 Å². The summed E-state index contributed by atoms with van der Waals surface area (Å²) in [5, 5.41) is 9.31. The largest absolute Gasteiger partial charge is 0.396 e. The van der Waals surface area contributed by atoms with Gasteiger partial charge in [-0.1, -0.05) is 6.92 Å². The molecule has 0 aromatic carbocycles. The van der Waals surface area contributed by atoms with Crippen LogP contribution in [0.4, 0.5) is 11.8 Å². The van der Waals surface area contributed by atoms with Crippen LogP contribution in [-0.2, 0) is 0 Å². The van der Waals surface area contributed by atoms with E-state index in [0.29, 0.717) is 18.4 Å². The summed E-state index contributed by atoms with van der Waals surface area (Å²) >= 11 is 0. The van der Waals surface area contributed by atoms with E-state index in [4.69, 9.17) is 4.98 Å². The van der Waals surface area contributed by atoms with E-state index in [1.54, 1.807) is 0 Å². The zero-order chi connectivity index (χ0) is 15.4. The van der Waals surface area contributed by atoms with E-state index in [9.17, 15) is 5.11 Å². The minimum atomic E-state index is 0.303. The van der Waals surface area contributed by atoms with Crippen LogP contribution in [-0.4, -0.2) is 47.9 Å². The highest BCUT2D eigenvalue weighted by Crippen LogP contribution is 2.27. The highest BCUT2D eigenvalue weighted by Gasteiger charge is 2.24. The Morgan fingerprint density at radius 2 is 1.86 bits per heavy atom. The van der Waals surface area contributed by atoms with Gasteiger partial charge in [0.15, 0.2) is 0 Å². The van der Waals surface area contributed by atoms with Crippen LogP contribution in [0.15, 0.2) is 12.3 Å². The van der Waals surface area contributed by atoms with Gasteiger partial charge in [0.25, 0.3) is 0 Å². The maximum absolute atomic E-state index is 9.31. The number of hydrogen-bond donors (Lipinski definition) is 1. The number of aromatic nitrogens is 2. The molecule has 22 heavy (non-hydrogen) atoms. The molecular weight excluding hydrogens is 276 g/mol. The Balaban J connectivity index is 1.63. The van der Waals surface area contributed by atoms with Crippen LogP contribution in [0.25, 0.3) is 0 Å². The first-order valence-electron chi connectivity index (χ1n) is 8.71. The van der Waals surface area contributed by atoms with Crippen LogP contribution >= 0.6 is 0 Å². The van der Waals surface area contributed by atoms with E-state index in [1.165, 1.54) is 19.3 Å². The number of rotatable bonds is 4. The summed E-state index contributed by atoms with van der Waals surface area (Å²) in [6.45, 7) is 6.69. The Kier molecular flexibility index (Phi) is 5.13. The molecule has 2 saturated heterocycles. The molecule has 1 unspecified atom stereocenters. The van der Waals surface area contributed by atoms with Crippen molar-refractivity contribution in [3.63, 3.8) is 0 Å². The lowest BCUT2D eigenvalue weighted by molar-refractivity contribution is 0.170. The second kappa shape index (κ2) is 7.27. The molecule has 0 saturated carbocycles. The predicted molar refractivity (Wildman–Crippen MR) is 89.3 cm³/mol. The van der Waals surface area contributed by atoms with Crippen LogP contribution in [0.1, 0.15) is 39.0 Å². The SMILES string of the molecule is CC(CO)C1CCN(c2ccnc(N3CCCCC3)n2)CC1. The minimum Gasteiger partial charge on any atom is -0.396 e. The topological polar surface area (TPSA) is 52.5 Å². The molecule has 5 nitrogen and oxygen atoms in total. The normalized spacial score (nSPS) is 21.9. The summed E-state index contributed by atoms with van der Waals surface area (Å²) in [5.41, 5.74) is 0. The zero-order valence-corrected chi connectivity index (χ0v) is 13.6. The van der Waals surface area contributed by atoms with Crippen molar-refractivity contribution in [2.75, 3.05) is 42.6 Å². The van der Waals surface area contributed by atoms with Gasteiger partial charge in [-0.25, -0.2) is 4.98 Å². The summed E-state index contributed by atoms with van der Waals surface area (Å²) in [4.78, 5) is 14.0. The fourth-order valence-corrected chi connectivity index (χ4v) is 3.61. The van der Waals surface area contributed by atoms with Gasteiger partial charge in [0.05, 0.1) is 0 Å². The molecule has 3 heterocycles. The molecule has 5 heteroatoms.